The molecular formula is C21H21BrN2O2. The minimum absolute atomic E-state index is 0. The number of para-hydroxylation sites is 1. The number of nitrogens with zero attached hydrogens (tertiary/aromatic N) is 1. The van der Waals surface area contributed by atoms with E-state index in [2.05, 4.69) is 17.4 Å². The van der Waals surface area contributed by atoms with Crippen molar-refractivity contribution in [2.75, 3.05) is 12.4 Å². The Balaban J connectivity index is 0.00000243. The predicted molar refractivity (Wildman–Crippen MR) is 98.4 cm³/mol. The molecule has 0 saturated carbocycles. The van der Waals surface area contributed by atoms with Crippen LogP contribution in [0.5, 0.6) is 5.75 Å². The Bertz CT molecular complexity index is 882. The highest BCUT2D eigenvalue weighted by atomic mass is 79.9. The second-order valence-corrected chi connectivity index (χ2v) is 5.83. The molecule has 134 valence electrons. The molecule has 0 aliphatic carbocycles. The summed E-state index contributed by atoms with van der Waals surface area (Å²) in [6.07, 6.45) is 3.87. The Hall–Kier alpha value is -2.66. The van der Waals surface area contributed by atoms with E-state index in [0.29, 0.717) is 5.75 Å². The topological polar surface area (TPSA) is 42.2 Å². The standard InChI is InChI=1S/C21H20N2O2.BrH/c1-16-8-6-12-19(25-2)21(16)22-20(24)15-23-13-7-11-18(14-23)17-9-4-3-5-10-17;/h3-14H,15H2,1-2H3;1H. The molecule has 5 heteroatoms. The van der Waals surface area contributed by atoms with Crippen LogP contribution >= 0.6 is 0 Å². The van der Waals surface area contributed by atoms with Crippen LogP contribution in [0, 0.1) is 6.92 Å². The van der Waals surface area contributed by atoms with Gasteiger partial charge < -0.3 is 27.0 Å². The number of nitrogens with one attached hydrogen (secondary N) is 1. The molecular weight excluding hydrogens is 392 g/mol. The Morgan fingerprint density at radius 2 is 1.73 bits per heavy atom. The highest BCUT2D eigenvalue weighted by molar-refractivity contribution is 5.92. The summed E-state index contributed by atoms with van der Waals surface area (Å²) < 4.78 is 7.21. The first kappa shape index (κ1) is 19.7. The summed E-state index contributed by atoms with van der Waals surface area (Å²) in [5.74, 6) is 0.569. The molecule has 1 aromatic heterocycles. The molecule has 0 saturated heterocycles. The van der Waals surface area contributed by atoms with Crippen molar-refractivity contribution < 1.29 is 31.1 Å². The summed E-state index contributed by atoms with van der Waals surface area (Å²) >= 11 is 0. The number of hydrogen-bond donors (Lipinski definition) is 1. The van der Waals surface area contributed by atoms with E-state index in [9.17, 15) is 4.79 Å². The number of rotatable bonds is 5. The molecule has 1 heterocycles. The van der Waals surface area contributed by atoms with Crippen molar-refractivity contribution in [2.24, 2.45) is 0 Å². The number of methoxy groups -OCH3 is 1. The molecule has 3 rings (SSSR count). The average molecular weight is 413 g/mol. The van der Waals surface area contributed by atoms with Gasteiger partial charge in [-0.05, 0) is 30.2 Å². The number of halogens is 1. The second-order valence-electron chi connectivity index (χ2n) is 5.83. The summed E-state index contributed by atoms with van der Waals surface area (Å²) in [6, 6.07) is 19.8. The Morgan fingerprint density at radius 1 is 1.00 bits per heavy atom. The van der Waals surface area contributed by atoms with Crippen molar-refractivity contribution in [1.29, 1.82) is 0 Å². The van der Waals surface area contributed by atoms with Crippen LogP contribution in [0.2, 0.25) is 0 Å². The number of hydrogen-bond acceptors (Lipinski definition) is 2. The third-order valence-corrected chi connectivity index (χ3v) is 4.01. The van der Waals surface area contributed by atoms with Crippen LogP contribution in [0.15, 0.2) is 73.1 Å². The van der Waals surface area contributed by atoms with Crippen LogP contribution in [0.3, 0.4) is 0 Å². The largest absolute Gasteiger partial charge is 1.00 e. The summed E-state index contributed by atoms with van der Waals surface area (Å²) in [5, 5.41) is 2.95. The molecule has 0 unspecified atom stereocenters. The summed E-state index contributed by atoms with van der Waals surface area (Å²) in [7, 11) is 1.60. The third kappa shape index (κ3) is 4.70. The van der Waals surface area contributed by atoms with Crippen LogP contribution in [-0.4, -0.2) is 13.0 Å². The number of carbonyl (C=O) groups excluding carboxylic acids is 1. The lowest BCUT2D eigenvalue weighted by atomic mass is 10.1. The zero-order valence-corrected chi connectivity index (χ0v) is 16.4. The zero-order valence-electron chi connectivity index (χ0n) is 14.8. The van der Waals surface area contributed by atoms with E-state index in [0.717, 1.165) is 22.4 Å². The molecule has 0 radical (unpaired) electrons. The van der Waals surface area contributed by atoms with Crippen LogP contribution in [0.1, 0.15) is 5.56 Å². The molecule has 2 aromatic carbocycles. The predicted octanol–water partition coefficient (Wildman–Crippen LogP) is 0.601. The first-order valence-electron chi connectivity index (χ1n) is 8.15. The summed E-state index contributed by atoms with van der Waals surface area (Å²) in [4.78, 5) is 12.5. The van der Waals surface area contributed by atoms with Crippen molar-refractivity contribution in [3.8, 4) is 16.9 Å². The van der Waals surface area contributed by atoms with Gasteiger partial charge in [0, 0.05) is 11.6 Å². The van der Waals surface area contributed by atoms with E-state index >= 15 is 0 Å². The van der Waals surface area contributed by atoms with E-state index in [1.807, 2.05) is 72.4 Å². The van der Waals surface area contributed by atoms with Crippen LogP contribution in [0.25, 0.3) is 11.1 Å². The maximum absolute atomic E-state index is 12.5. The molecule has 1 N–H and O–H groups in total. The van der Waals surface area contributed by atoms with Crippen molar-refractivity contribution in [2.45, 2.75) is 13.5 Å². The van der Waals surface area contributed by atoms with Gasteiger partial charge in [0.1, 0.15) is 5.75 Å². The quantitative estimate of drug-likeness (QED) is 0.623. The number of pyridine rings is 1. The van der Waals surface area contributed by atoms with Gasteiger partial charge in [-0.3, -0.25) is 4.79 Å². The van der Waals surface area contributed by atoms with Gasteiger partial charge in [-0.2, -0.15) is 4.57 Å². The number of aryl methyl sites for hydroxylation is 1. The Kier molecular flexibility index (Phi) is 6.92. The number of amides is 1. The SMILES string of the molecule is COc1cccc(C)c1NC(=O)C[n+]1cccc(-c2ccccc2)c1.[Br-]. The number of aromatic nitrogens is 1. The highest BCUT2D eigenvalue weighted by Gasteiger charge is 2.14. The fourth-order valence-corrected chi connectivity index (χ4v) is 2.74. The smallest absolute Gasteiger partial charge is 0.290 e. The molecule has 0 spiro atoms. The first-order chi connectivity index (χ1) is 12.2. The summed E-state index contributed by atoms with van der Waals surface area (Å²) in [5.41, 5.74) is 3.88. The van der Waals surface area contributed by atoms with Gasteiger partial charge >= 0.3 is 0 Å². The van der Waals surface area contributed by atoms with Gasteiger partial charge in [0.2, 0.25) is 6.54 Å². The van der Waals surface area contributed by atoms with E-state index < -0.39 is 0 Å². The van der Waals surface area contributed by atoms with Gasteiger partial charge in [0.15, 0.2) is 12.4 Å². The molecule has 0 aliphatic rings. The van der Waals surface area contributed by atoms with Gasteiger partial charge in [0.05, 0.1) is 12.8 Å². The monoisotopic (exact) mass is 412 g/mol. The molecule has 1 amide bonds. The van der Waals surface area contributed by atoms with Crippen molar-refractivity contribution in [1.82, 2.24) is 0 Å². The maximum Gasteiger partial charge on any atom is 0.290 e. The molecule has 0 fully saturated rings. The molecule has 4 nitrogen and oxygen atoms in total. The van der Waals surface area contributed by atoms with Crippen LogP contribution in [0.4, 0.5) is 5.69 Å². The first-order valence-corrected chi connectivity index (χ1v) is 8.15. The van der Waals surface area contributed by atoms with Gasteiger partial charge in [-0.15, -0.1) is 0 Å². The Morgan fingerprint density at radius 3 is 2.46 bits per heavy atom. The van der Waals surface area contributed by atoms with E-state index in [1.165, 1.54) is 0 Å². The minimum Gasteiger partial charge on any atom is -1.00 e. The van der Waals surface area contributed by atoms with E-state index in [-0.39, 0.29) is 29.4 Å². The zero-order chi connectivity index (χ0) is 17.6. The number of ether oxygens (including phenoxy) is 1. The van der Waals surface area contributed by atoms with Crippen LogP contribution < -0.4 is 31.6 Å². The van der Waals surface area contributed by atoms with Gasteiger partial charge in [-0.25, -0.2) is 0 Å². The fourth-order valence-electron chi connectivity index (χ4n) is 2.74. The van der Waals surface area contributed by atoms with Crippen molar-refractivity contribution in [3.63, 3.8) is 0 Å². The molecule has 26 heavy (non-hydrogen) atoms. The lowest BCUT2D eigenvalue weighted by Crippen LogP contribution is -3.00. The fraction of sp³-hybridized carbons (Fsp3) is 0.143. The van der Waals surface area contributed by atoms with Gasteiger partial charge in [-0.1, -0.05) is 42.5 Å². The molecule has 0 bridgehead atoms. The lowest BCUT2D eigenvalue weighted by Gasteiger charge is -2.11. The summed E-state index contributed by atoms with van der Waals surface area (Å²) in [6.45, 7) is 2.18. The normalized spacial score (nSPS) is 9.92. The second kappa shape index (κ2) is 9.15. The van der Waals surface area contributed by atoms with E-state index in [1.54, 1.807) is 7.11 Å². The number of carbonyl (C=O) groups is 1. The highest BCUT2D eigenvalue weighted by Crippen LogP contribution is 2.27. The van der Waals surface area contributed by atoms with Crippen molar-refractivity contribution >= 4 is 11.6 Å². The van der Waals surface area contributed by atoms with Crippen LogP contribution in [-0.2, 0) is 11.3 Å². The lowest BCUT2D eigenvalue weighted by molar-refractivity contribution is -0.683. The molecule has 0 aliphatic heterocycles. The maximum atomic E-state index is 12.5. The minimum atomic E-state index is -0.0946. The molecule has 3 aromatic rings. The van der Waals surface area contributed by atoms with E-state index in [4.69, 9.17) is 4.74 Å². The number of benzene rings is 2. The number of anilines is 1. The average Bonchev–Trinajstić information content (AvgIpc) is 2.64. The Labute approximate surface area is 164 Å². The third-order valence-electron chi connectivity index (χ3n) is 4.01. The van der Waals surface area contributed by atoms with Crippen molar-refractivity contribution in [3.05, 3.63) is 78.6 Å². The molecule has 0 atom stereocenters. The van der Waals surface area contributed by atoms with Gasteiger partial charge in [0.25, 0.3) is 5.91 Å².